The van der Waals surface area contributed by atoms with Gasteiger partial charge in [-0.05, 0) is 79.3 Å². The largest absolute Gasteiger partial charge is 0.450 e. The second-order valence-corrected chi connectivity index (χ2v) is 10.3. The van der Waals surface area contributed by atoms with Gasteiger partial charge in [0.1, 0.15) is 5.82 Å². The molecule has 0 aromatic heterocycles. The van der Waals surface area contributed by atoms with E-state index in [9.17, 15) is 23.6 Å². The zero-order valence-electron chi connectivity index (χ0n) is 21.1. The summed E-state index contributed by atoms with van der Waals surface area (Å²) in [4.78, 5) is 53.4. The number of nitrogens with zero attached hydrogens (tertiary/aromatic N) is 1. The van der Waals surface area contributed by atoms with Gasteiger partial charge in [-0.25, -0.2) is 9.18 Å². The van der Waals surface area contributed by atoms with Gasteiger partial charge in [-0.1, -0.05) is 30.3 Å². The number of alkyl halides is 1. The minimum atomic E-state index is -1.14. The number of imide groups is 1. The third kappa shape index (κ3) is 5.50. The fraction of sp³-hybridized carbons (Fsp3) is 0.290. The Morgan fingerprint density at radius 3 is 2.18 bits per heavy atom. The number of carbonyl (C=O) groups excluding carboxylic acids is 4. The standard InChI is InChI=1S/C31H27ClFNO5/c32-17-16-27(28(35)20-6-11-23(33)12-7-20)39-31(38)21-8-13-24(14-9-21)34-29(36)25-15-10-22(18-26(25)30(34)37)19-4-2-1-3-5-19/h1-9,11-14,22,25-27H,10,15-18H2/t22-,25+,26+,27-/m0/s1. The molecule has 5 rings (SSSR count). The van der Waals surface area contributed by atoms with E-state index in [-0.39, 0.29) is 53.0 Å². The first-order valence-electron chi connectivity index (χ1n) is 13.0. The topological polar surface area (TPSA) is 80.8 Å². The summed E-state index contributed by atoms with van der Waals surface area (Å²) < 4.78 is 18.7. The highest BCUT2D eigenvalue weighted by Gasteiger charge is 2.50. The maximum atomic E-state index is 13.3. The van der Waals surface area contributed by atoms with Crippen LogP contribution in [0.3, 0.4) is 0 Å². The number of anilines is 1. The monoisotopic (exact) mass is 547 g/mol. The zero-order valence-corrected chi connectivity index (χ0v) is 21.9. The zero-order chi connectivity index (χ0) is 27.5. The molecule has 1 aliphatic carbocycles. The fourth-order valence-electron chi connectivity index (χ4n) is 5.55. The van der Waals surface area contributed by atoms with Gasteiger partial charge in [0.15, 0.2) is 6.10 Å². The number of hydrogen-bond donors (Lipinski definition) is 0. The van der Waals surface area contributed by atoms with Crippen LogP contribution in [-0.2, 0) is 14.3 Å². The van der Waals surface area contributed by atoms with Gasteiger partial charge in [-0.2, -0.15) is 0 Å². The summed E-state index contributed by atoms with van der Waals surface area (Å²) in [5.41, 5.74) is 1.94. The quantitative estimate of drug-likeness (QED) is 0.151. The van der Waals surface area contributed by atoms with Crippen molar-refractivity contribution in [2.75, 3.05) is 10.8 Å². The van der Waals surface area contributed by atoms with E-state index in [4.69, 9.17) is 16.3 Å². The fourth-order valence-corrected chi connectivity index (χ4v) is 5.75. The average molecular weight is 548 g/mol. The Kier molecular flexibility index (Phi) is 7.89. The average Bonchev–Trinajstić information content (AvgIpc) is 3.22. The number of Topliss-reactive ketones (excluding diaryl/α,β-unsaturated/α-hetero) is 1. The van der Waals surface area contributed by atoms with Gasteiger partial charge < -0.3 is 4.74 Å². The summed E-state index contributed by atoms with van der Waals surface area (Å²) in [6, 6.07) is 21.0. The molecule has 0 bridgehead atoms. The van der Waals surface area contributed by atoms with Crippen LogP contribution in [0.15, 0.2) is 78.9 Å². The molecular formula is C31H27ClFNO5. The predicted octanol–water partition coefficient (Wildman–Crippen LogP) is 5.94. The second kappa shape index (κ2) is 11.5. The molecule has 0 radical (unpaired) electrons. The second-order valence-electron chi connectivity index (χ2n) is 9.94. The number of hydrogen-bond acceptors (Lipinski definition) is 5. The van der Waals surface area contributed by atoms with Crippen LogP contribution in [0.1, 0.15) is 57.9 Å². The van der Waals surface area contributed by atoms with E-state index in [1.165, 1.54) is 46.9 Å². The van der Waals surface area contributed by atoms with E-state index in [1.807, 2.05) is 18.2 Å². The van der Waals surface area contributed by atoms with Crippen LogP contribution >= 0.6 is 11.6 Å². The summed E-state index contributed by atoms with van der Waals surface area (Å²) in [5.74, 6) is -2.52. The highest BCUT2D eigenvalue weighted by molar-refractivity contribution is 6.22. The highest BCUT2D eigenvalue weighted by atomic mass is 35.5. The Morgan fingerprint density at radius 2 is 1.51 bits per heavy atom. The van der Waals surface area contributed by atoms with Crippen molar-refractivity contribution < 1.29 is 28.3 Å². The number of benzene rings is 3. The number of rotatable bonds is 8. The lowest BCUT2D eigenvalue weighted by molar-refractivity contribution is -0.122. The first-order valence-corrected chi connectivity index (χ1v) is 13.5. The molecule has 6 nitrogen and oxygen atoms in total. The lowest BCUT2D eigenvalue weighted by atomic mass is 9.73. The van der Waals surface area contributed by atoms with Crippen molar-refractivity contribution >= 4 is 40.9 Å². The van der Waals surface area contributed by atoms with E-state index in [0.717, 1.165) is 18.6 Å². The number of ether oxygens (including phenoxy) is 1. The van der Waals surface area contributed by atoms with Crippen LogP contribution in [-0.4, -0.2) is 35.6 Å². The SMILES string of the molecule is O=C(O[C@@H](CCCl)C(=O)c1ccc(F)cc1)c1ccc(N2C(=O)[C@@H]3CC[C@H](c4ccccc4)C[C@H]3C2=O)cc1. The summed E-state index contributed by atoms with van der Waals surface area (Å²) in [5, 5.41) is 0. The normalized spacial score (nSPS) is 21.4. The van der Waals surface area contributed by atoms with Gasteiger partial charge in [0.25, 0.3) is 0 Å². The number of ketones is 1. The number of esters is 1. The number of halogens is 2. The van der Waals surface area contributed by atoms with Crippen molar-refractivity contribution in [2.24, 2.45) is 11.8 Å². The molecule has 8 heteroatoms. The highest BCUT2D eigenvalue weighted by Crippen LogP contribution is 2.45. The van der Waals surface area contributed by atoms with Gasteiger partial charge in [0, 0.05) is 17.9 Å². The lowest BCUT2D eigenvalue weighted by Crippen LogP contribution is -2.31. The molecule has 1 saturated heterocycles. The minimum absolute atomic E-state index is 0.0798. The third-order valence-electron chi connectivity index (χ3n) is 7.60. The van der Waals surface area contributed by atoms with Crippen molar-refractivity contribution in [2.45, 2.75) is 37.7 Å². The van der Waals surface area contributed by atoms with Gasteiger partial charge in [0.2, 0.25) is 17.6 Å². The Balaban J connectivity index is 1.27. The van der Waals surface area contributed by atoms with Crippen molar-refractivity contribution in [1.82, 2.24) is 0 Å². The van der Waals surface area contributed by atoms with Crippen molar-refractivity contribution in [3.05, 3.63) is 101 Å². The van der Waals surface area contributed by atoms with E-state index in [1.54, 1.807) is 0 Å². The van der Waals surface area contributed by atoms with E-state index < -0.39 is 23.7 Å². The lowest BCUT2D eigenvalue weighted by Gasteiger charge is -2.28. The van der Waals surface area contributed by atoms with Crippen LogP contribution in [0.2, 0.25) is 0 Å². The molecule has 3 aromatic carbocycles. The molecule has 2 amide bonds. The molecule has 0 spiro atoms. The Labute approximate surface area is 230 Å². The van der Waals surface area contributed by atoms with Crippen molar-refractivity contribution in [3.63, 3.8) is 0 Å². The number of carbonyl (C=O) groups is 4. The first kappa shape index (κ1) is 26.8. The molecule has 4 atom stereocenters. The third-order valence-corrected chi connectivity index (χ3v) is 7.82. The molecule has 2 fully saturated rings. The molecule has 0 unspecified atom stereocenters. The minimum Gasteiger partial charge on any atom is -0.450 e. The Bertz CT molecular complexity index is 1380. The molecule has 3 aromatic rings. The van der Waals surface area contributed by atoms with E-state index in [0.29, 0.717) is 18.5 Å². The van der Waals surface area contributed by atoms with Crippen LogP contribution in [0.4, 0.5) is 10.1 Å². The molecular weight excluding hydrogens is 521 g/mol. The van der Waals surface area contributed by atoms with Crippen LogP contribution in [0.25, 0.3) is 0 Å². The first-order chi connectivity index (χ1) is 18.9. The van der Waals surface area contributed by atoms with E-state index >= 15 is 0 Å². The Morgan fingerprint density at radius 1 is 0.872 bits per heavy atom. The molecule has 1 heterocycles. The van der Waals surface area contributed by atoms with Crippen molar-refractivity contribution in [1.29, 1.82) is 0 Å². The summed E-state index contributed by atoms with van der Waals surface area (Å²) in [6.07, 6.45) is 1.08. The number of fused-ring (bicyclic) bond motifs is 1. The van der Waals surface area contributed by atoms with Crippen LogP contribution in [0, 0.1) is 17.7 Å². The van der Waals surface area contributed by atoms with Crippen molar-refractivity contribution in [3.8, 4) is 0 Å². The molecule has 1 aliphatic heterocycles. The molecule has 200 valence electrons. The molecule has 39 heavy (non-hydrogen) atoms. The van der Waals surface area contributed by atoms with Crippen LogP contribution < -0.4 is 4.90 Å². The van der Waals surface area contributed by atoms with Gasteiger partial charge in [0.05, 0.1) is 23.1 Å². The van der Waals surface area contributed by atoms with Gasteiger partial charge in [-0.3, -0.25) is 19.3 Å². The summed E-state index contributed by atoms with van der Waals surface area (Å²) in [7, 11) is 0. The maximum absolute atomic E-state index is 13.3. The molecule has 0 N–H and O–H groups in total. The van der Waals surface area contributed by atoms with Crippen LogP contribution in [0.5, 0.6) is 0 Å². The molecule has 2 aliphatic rings. The smallest absolute Gasteiger partial charge is 0.338 e. The van der Waals surface area contributed by atoms with E-state index in [2.05, 4.69) is 12.1 Å². The number of amides is 2. The van der Waals surface area contributed by atoms with Gasteiger partial charge >= 0.3 is 5.97 Å². The van der Waals surface area contributed by atoms with Gasteiger partial charge in [-0.15, -0.1) is 11.6 Å². The summed E-state index contributed by atoms with van der Waals surface area (Å²) >= 11 is 5.83. The molecule has 1 saturated carbocycles. The predicted molar refractivity (Wildman–Crippen MR) is 144 cm³/mol. The maximum Gasteiger partial charge on any atom is 0.338 e. The Hall–Kier alpha value is -3.84. The summed E-state index contributed by atoms with van der Waals surface area (Å²) in [6.45, 7) is 0.